The third-order valence-corrected chi connectivity index (χ3v) is 19.6. The van der Waals surface area contributed by atoms with Gasteiger partial charge >= 0.3 is 0 Å². The van der Waals surface area contributed by atoms with Crippen molar-refractivity contribution in [3.8, 4) is 0 Å². The zero-order chi connectivity index (χ0) is 78.6. The fourth-order valence-corrected chi connectivity index (χ4v) is 13.7. The summed E-state index contributed by atoms with van der Waals surface area (Å²) < 4.78 is 101. The van der Waals surface area contributed by atoms with Gasteiger partial charge in [-0.15, -0.1) is 0 Å². The number of rotatable bonds is 28. The number of hydrogen-bond donors (Lipinski definition) is 28. The van der Waals surface area contributed by atoms with E-state index in [1.165, 1.54) is 0 Å². The maximum Gasteiger partial charge on any atom is 0.217 e. The van der Waals surface area contributed by atoms with Gasteiger partial charge in [0.25, 0.3) is 0 Å². The summed E-state index contributed by atoms with van der Waals surface area (Å²) in [5, 5.41) is 283. The van der Waals surface area contributed by atoms with Crippen LogP contribution in [0.2, 0.25) is 0 Å². The predicted octanol–water partition coefficient (Wildman–Crippen LogP) is -19.6. The van der Waals surface area contributed by atoms with E-state index in [1.807, 2.05) is 0 Å². The first-order valence-electron chi connectivity index (χ1n) is 34.1. The highest BCUT2D eigenvalue weighted by Crippen LogP contribution is 2.40. The smallest absolute Gasteiger partial charge is 0.217 e. The molecule has 44 atom stereocenters. The van der Waals surface area contributed by atoms with E-state index < -0.39 is 347 Å². The topological polar surface area (TPSA) is 750 Å². The summed E-state index contributed by atoms with van der Waals surface area (Å²) in [6, 6.07) is -5.48. The van der Waals surface area contributed by atoms with E-state index in [1.54, 1.807) is 0 Å². The van der Waals surface area contributed by atoms with Crippen LogP contribution in [-0.2, 0) is 94.9 Å². The first-order valence-corrected chi connectivity index (χ1v) is 34.1. The van der Waals surface area contributed by atoms with Crippen LogP contribution in [0.25, 0.3) is 0 Å². The second-order valence-corrected chi connectivity index (χ2v) is 27.0. The van der Waals surface area contributed by atoms with Crippen LogP contribution in [0.5, 0.6) is 0 Å². The van der Waals surface area contributed by atoms with Crippen LogP contribution < -0.4 is 16.0 Å². The van der Waals surface area contributed by atoms with Crippen LogP contribution >= 0.6 is 0 Å². The van der Waals surface area contributed by atoms with Crippen molar-refractivity contribution in [2.24, 2.45) is 0 Å². The number of carbonyl (C=O) groups is 3. The molecule has 9 aliphatic heterocycles. The van der Waals surface area contributed by atoms with Crippen LogP contribution in [0, 0.1) is 0 Å². The molecule has 0 aromatic carbocycles. The molecule has 9 saturated heterocycles. The minimum atomic E-state index is -2.53. The second-order valence-electron chi connectivity index (χ2n) is 27.0. The van der Waals surface area contributed by atoms with Gasteiger partial charge in [0.1, 0.15) is 213 Å². The number of ether oxygens (including phenoxy) is 17. The Balaban J connectivity index is 1.13. The Labute approximate surface area is 605 Å². The molecular formula is C59H99N3O45. The molecule has 9 fully saturated rings. The molecule has 0 aromatic rings. The summed E-state index contributed by atoms with van der Waals surface area (Å²) in [5.41, 5.74) is 0. The Morgan fingerprint density at radius 3 is 1.02 bits per heavy atom. The average Bonchev–Trinajstić information content (AvgIpc) is 1.41. The standard InChI is InChI=1S/C59H99N3O45/c1-13(70)60-25-36(81)45(21(9-68)93-51(25)90)102-53-27(62-15(3)72)37(82)46(22(10-69)99-53)103-59-50(107-56-41(86)32(77)20(8-67)97-56)48(105-58-49(40(85)31(76)19(7-66)98-58)106-52-26(61-14(2)71)35(80)28(73)16(4-63)94-52)34(79)24(101-59)12-92-55-44(89)47(104-57-43(88)39(84)30(75)18(6-65)96-57)33(78)23(100-55)11-91-54-42(87)38(83)29(74)17(5-64)95-54/h16-59,63-69,73-90H,4-12H2,1-3H3,(H,60,70)(H,61,71)(H,62,72)/t16-,17-,18-,19-,20-,21-,22-,23-,24-,25-,26-,27-,28-,29-,30-,31-,32+,33-,34-,35-,36-,37-,38+,39+,40+,41-,42+,43+,44+,45-,46-,47+,48+,49+,50+,51?,52+,53+,54+,55+,56+,57-,58-,59+/m1/s1. The van der Waals surface area contributed by atoms with E-state index in [0.717, 1.165) is 20.8 Å². The van der Waals surface area contributed by atoms with E-state index in [9.17, 15) is 142 Å². The molecule has 0 radical (unpaired) electrons. The number of nitrogens with one attached hydrogen (secondary N) is 3. The number of carbonyl (C=O) groups excluding carboxylic acids is 3. The van der Waals surface area contributed by atoms with Crippen molar-refractivity contribution < 1.29 is 223 Å². The Bertz CT molecular complexity index is 2790. The van der Waals surface area contributed by atoms with Crippen molar-refractivity contribution in [2.75, 3.05) is 59.5 Å². The first-order chi connectivity index (χ1) is 50.7. The molecule has 3 amide bonds. The highest BCUT2D eigenvalue weighted by atomic mass is 16.8. The molecule has 0 bridgehead atoms. The fourth-order valence-electron chi connectivity index (χ4n) is 13.7. The lowest BCUT2D eigenvalue weighted by molar-refractivity contribution is -0.406. The predicted molar refractivity (Wildman–Crippen MR) is 326 cm³/mol. The van der Waals surface area contributed by atoms with Crippen LogP contribution in [0.4, 0.5) is 0 Å². The van der Waals surface area contributed by atoms with Gasteiger partial charge in [-0.3, -0.25) is 14.4 Å². The molecule has 9 rings (SSSR count). The van der Waals surface area contributed by atoms with Gasteiger partial charge in [0.05, 0.1) is 59.5 Å². The molecular weight excluding hydrogens is 1470 g/mol. The number of aliphatic hydroxyl groups is 25. The molecule has 28 N–H and O–H groups in total. The Hall–Kier alpha value is -3.27. The Kier molecular flexibility index (Phi) is 31.3. The van der Waals surface area contributed by atoms with Crippen molar-refractivity contribution in [2.45, 2.75) is 291 Å². The monoisotopic (exact) mass is 1570 g/mol. The van der Waals surface area contributed by atoms with Crippen molar-refractivity contribution in [3.63, 3.8) is 0 Å². The molecule has 107 heavy (non-hydrogen) atoms. The van der Waals surface area contributed by atoms with E-state index in [4.69, 9.17) is 80.5 Å². The lowest BCUT2D eigenvalue weighted by Crippen LogP contribution is -2.71. The minimum Gasteiger partial charge on any atom is -0.394 e. The van der Waals surface area contributed by atoms with Gasteiger partial charge in [-0.2, -0.15) is 0 Å². The van der Waals surface area contributed by atoms with Crippen molar-refractivity contribution in [1.82, 2.24) is 16.0 Å². The molecule has 9 heterocycles. The number of amides is 3. The van der Waals surface area contributed by atoms with Crippen molar-refractivity contribution >= 4 is 17.7 Å². The highest BCUT2D eigenvalue weighted by Gasteiger charge is 2.61. The summed E-state index contributed by atoms with van der Waals surface area (Å²) >= 11 is 0. The molecule has 9 aliphatic rings. The van der Waals surface area contributed by atoms with Crippen LogP contribution in [0.1, 0.15) is 20.8 Å². The maximum absolute atomic E-state index is 13.1. The summed E-state index contributed by atoms with van der Waals surface area (Å²) in [7, 11) is 0. The fraction of sp³-hybridized carbons (Fsp3) is 0.949. The van der Waals surface area contributed by atoms with Gasteiger partial charge < -0.3 is 224 Å². The third-order valence-electron chi connectivity index (χ3n) is 19.6. The van der Waals surface area contributed by atoms with Gasteiger partial charge in [-0.05, 0) is 0 Å². The van der Waals surface area contributed by atoms with Gasteiger partial charge in [0.2, 0.25) is 17.7 Å². The zero-order valence-corrected chi connectivity index (χ0v) is 57.1. The highest BCUT2D eigenvalue weighted by molar-refractivity contribution is 5.74. The molecule has 0 spiro atoms. The summed E-state index contributed by atoms with van der Waals surface area (Å²) in [6.45, 7) is -6.84. The van der Waals surface area contributed by atoms with E-state index >= 15 is 0 Å². The molecule has 620 valence electrons. The molecule has 0 aliphatic carbocycles. The molecule has 48 nitrogen and oxygen atoms in total. The van der Waals surface area contributed by atoms with E-state index in [0.29, 0.717) is 0 Å². The lowest BCUT2D eigenvalue weighted by atomic mass is 9.93. The second kappa shape index (κ2) is 38.2. The lowest BCUT2D eigenvalue weighted by Gasteiger charge is -2.51. The molecule has 1 unspecified atom stereocenters. The summed E-state index contributed by atoms with van der Waals surface area (Å²) in [5.74, 6) is -2.66. The summed E-state index contributed by atoms with van der Waals surface area (Å²) in [6.07, 6.45) is -86.3. The number of hydrogen-bond acceptors (Lipinski definition) is 45. The van der Waals surface area contributed by atoms with Gasteiger partial charge in [-0.25, -0.2) is 0 Å². The van der Waals surface area contributed by atoms with Crippen LogP contribution in [0.3, 0.4) is 0 Å². The number of aliphatic hydroxyl groups excluding tert-OH is 25. The van der Waals surface area contributed by atoms with E-state index in [-0.39, 0.29) is 0 Å². The van der Waals surface area contributed by atoms with Crippen LogP contribution in [0.15, 0.2) is 0 Å². The quantitative estimate of drug-likeness (QED) is 0.0346. The molecule has 0 saturated carbocycles. The van der Waals surface area contributed by atoms with Crippen molar-refractivity contribution in [3.05, 3.63) is 0 Å². The molecule has 0 aromatic heterocycles. The largest absolute Gasteiger partial charge is 0.394 e. The maximum atomic E-state index is 13.1. The zero-order valence-electron chi connectivity index (χ0n) is 57.1. The third kappa shape index (κ3) is 19.2. The Morgan fingerprint density at radius 1 is 0.243 bits per heavy atom. The van der Waals surface area contributed by atoms with E-state index in [2.05, 4.69) is 16.0 Å². The van der Waals surface area contributed by atoms with Gasteiger partial charge in [0.15, 0.2) is 56.6 Å². The van der Waals surface area contributed by atoms with Crippen molar-refractivity contribution in [1.29, 1.82) is 0 Å². The van der Waals surface area contributed by atoms with Gasteiger partial charge in [0, 0.05) is 20.8 Å². The SMILES string of the molecule is CC(=O)N[C@H]1[C@H](O[C@H]2[C@H](O)[C@@H](NC(C)=O)C(O)O[C@@H]2CO)O[C@H](CO)[C@@H](O[C@@H]2O[C@H](CO[C@H]3O[C@H](CO[C@H]4O[C@H](CO)[C@@H](O)[C@H](O)[C@@H]4O)[C@@H](O)[C@H](O[C@H]4O[C@H](CO)[C@@H](O)[C@H](O)[C@@H]4O)[C@@H]3O)[C@@H](O)[C@H](O[C@H]3O[C@H](CO)[C@@H](O)[C@H](O)[C@@H]3O[C@@H]3O[C@H](CO)[C@@H](O)[C@H](O)[C@H]3NC(C)=O)[C@@H]2O[C@@H]2O[C@H](CO)[C@H](O)[C@H]2O)[C@@H]1O. The first kappa shape index (κ1) is 87.7. The van der Waals surface area contributed by atoms with Gasteiger partial charge in [-0.1, -0.05) is 0 Å². The normalized spacial score (nSPS) is 49.9. The molecule has 48 heteroatoms. The van der Waals surface area contributed by atoms with Crippen LogP contribution in [-0.4, -0.2) is 475 Å². The minimum absolute atomic E-state index is 0.798. The average molecular weight is 1570 g/mol. The Morgan fingerprint density at radius 2 is 0.533 bits per heavy atom. The summed E-state index contributed by atoms with van der Waals surface area (Å²) in [4.78, 5) is 37.9.